The normalized spacial score (nSPS) is 12.2. The molecular weight excluding hydrogens is 240 g/mol. The second kappa shape index (κ2) is 8.67. The van der Waals surface area contributed by atoms with E-state index in [9.17, 15) is 4.79 Å². The highest BCUT2D eigenvalue weighted by Gasteiger charge is 2.12. The Bertz CT molecular complexity index is 376. The highest BCUT2D eigenvalue weighted by atomic mass is 16.5. The maximum atomic E-state index is 11.8. The predicted octanol–water partition coefficient (Wildman–Crippen LogP) is 2.33. The molecule has 1 unspecified atom stereocenters. The van der Waals surface area contributed by atoms with E-state index in [2.05, 4.69) is 12.2 Å². The molecule has 0 saturated heterocycles. The summed E-state index contributed by atoms with van der Waals surface area (Å²) in [6, 6.07) is 7.41. The number of nitrogens with two attached hydrogens (primary N) is 1. The van der Waals surface area contributed by atoms with Gasteiger partial charge < -0.3 is 15.8 Å². The van der Waals surface area contributed by atoms with Gasteiger partial charge in [-0.15, -0.1) is 0 Å². The van der Waals surface area contributed by atoms with Gasteiger partial charge in [0.1, 0.15) is 0 Å². The average Bonchev–Trinajstić information content (AvgIpc) is 2.43. The first kappa shape index (κ1) is 15.7. The Balaban J connectivity index is 2.45. The number of rotatable bonds is 8. The maximum absolute atomic E-state index is 11.8. The number of unbranched alkanes of at least 4 members (excludes halogenated alkanes) is 1. The minimum Gasteiger partial charge on any atom is -0.385 e. The molecule has 0 radical (unpaired) electrons. The number of anilines is 1. The van der Waals surface area contributed by atoms with Crippen molar-refractivity contribution in [1.82, 2.24) is 0 Å². The first-order chi connectivity index (χ1) is 9.17. The lowest BCUT2D eigenvalue weighted by Gasteiger charge is -2.12. The fourth-order valence-electron chi connectivity index (χ4n) is 1.75. The third-order valence-corrected chi connectivity index (χ3v) is 3.01. The van der Waals surface area contributed by atoms with Crippen LogP contribution in [-0.4, -0.2) is 25.7 Å². The molecule has 1 aromatic carbocycles. The zero-order valence-electron chi connectivity index (χ0n) is 11.8. The van der Waals surface area contributed by atoms with E-state index >= 15 is 0 Å². The molecule has 1 amide bonds. The maximum Gasteiger partial charge on any atom is 0.241 e. The topological polar surface area (TPSA) is 64.4 Å². The molecule has 0 bridgehead atoms. The number of methoxy groups -OCH3 is 1. The summed E-state index contributed by atoms with van der Waals surface area (Å²) in [7, 11) is 1.60. The predicted molar refractivity (Wildman–Crippen MR) is 78.2 cm³/mol. The van der Waals surface area contributed by atoms with Crippen LogP contribution in [-0.2, 0) is 16.0 Å². The van der Waals surface area contributed by atoms with E-state index in [4.69, 9.17) is 10.5 Å². The summed E-state index contributed by atoms with van der Waals surface area (Å²) in [4.78, 5) is 11.8. The Kier molecular flexibility index (Phi) is 7.15. The quantitative estimate of drug-likeness (QED) is 0.757. The van der Waals surface area contributed by atoms with Gasteiger partial charge in [0, 0.05) is 19.4 Å². The highest BCUT2D eigenvalue weighted by Crippen LogP contribution is 2.12. The summed E-state index contributed by atoms with van der Waals surface area (Å²) in [6.45, 7) is 2.67. The highest BCUT2D eigenvalue weighted by molar-refractivity contribution is 5.94. The zero-order valence-corrected chi connectivity index (χ0v) is 11.8. The Labute approximate surface area is 115 Å². The van der Waals surface area contributed by atoms with Gasteiger partial charge >= 0.3 is 0 Å². The third kappa shape index (κ3) is 5.85. The molecule has 0 aliphatic heterocycles. The van der Waals surface area contributed by atoms with Crippen LogP contribution < -0.4 is 11.1 Å². The summed E-state index contributed by atoms with van der Waals surface area (Å²) < 4.78 is 4.91. The van der Waals surface area contributed by atoms with Crippen molar-refractivity contribution < 1.29 is 9.53 Å². The van der Waals surface area contributed by atoms with Gasteiger partial charge in [-0.2, -0.15) is 0 Å². The van der Waals surface area contributed by atoms with E-state index in [1.165, 1.54) is 18.4 Å². The van der Waals surface area contributed by atoms with Crippen LogP contribution in [0.2, 0.25) is 0 Å². The van der Waals surface area contributed by atoms with Crippen LogP contribution >= 0.6 is 0 Å². The van der Waals surface area contributed by atoms with Crippen molar-refractivity contribution in [3.8, 4) is 0 Å². The molecule has 0 fully saturated rings. The number of carbonyl (C=O) groups excluding carboxylic acids is 1. The number of nitrogens with one attached hydrogen (secondary N) is 1. The van der Waals surface area contributed by atoms with Gasteiger partial charge in [0.25, 0.3) is 0 Å². The van der Waals surface area contributed by atoms with E-state index in [0.29, 0.717) is 13.0 Å². The van der Waals surface area contributed by atoms with Crippen molar-refractivity contribution >= 4 is 11.6 Å². The Morgan fingerprint density at radius 3 is 2.63 bits per heavy atom. The lowest BCUT2D eigenvalue weighted by atomic mass is 10.1. The van der Waals surface area contributed by atoms with Crippen molar-refractivity contribution in [1.29, 1.82) is 0 Å². The first-order valence-corrected chi connectivity index (χ1v) is 6.81. The molecule has 0 spiro atoms. The van der Waals surface area contributed by atoms with Crippen LogP contribution in [0.5, 0.6) is 0 Å². The molecule has 1 rings (SSSR count). The van der Waals surface area contributed by atoms with Gasteiger partial charge in [-0.25, -0.2) is 0 Å². The fourth-order valence-corrected chi connectivity index (χ4v) is 1.75. The number of benzene rings is 1. The molecule has 1 atom stereocenters. The monoisotopic (exact) mass is 264 g/mol. The largest absolute Gasteiger partial charge is 0.385 e. The van der Waals surface area contributed by atoms with Crippen molar-refractivity contribution in [3.63, 3.8) is 0 Å². The standard InChI is InChI=1S/C15H24N2O2/c1-3-4-5-12-6-8-13(9-7-12)17-15(18)14(16)10-11-19-2/h6-9,14H,3-5,10-11,16H2,1-2H3,(H,17,18). The summed E-state index contributed by atoms with van der Waals surface area (Å²) in [5.41, 5.74) is 7.84. The molecule has 3 N–H and O–H groups in total. The van der Waals surface area contributed by atoms with Gasteiger partial charge in [-0.1, -0.05) is 25.5 Å². The van der Waals surface area contributed by atoms with Crippen LogP contribution in [0.3, 0.4) is 0 Å². The van der Waals surface area contributed by atoms with Gasteiger partial charge in [0.05, 0.1) is 6.04 Å². The molecule has 0 aliphatic carbocycles. The number of hydrogen-bond acceptors (Lipinski definition) is 3. The van der Waals surface area contributed by atoms with E-state index < -0.39 is 6.04 Å². The molecule has 4 heteroatoms. The molecule has 4 nitrogen and oxygen atoms in total. The molecule has 0 heterocycles. The number of ether oxygens (including phenoxy) is 1. The molecule has 0 saturated carbocycles. The Hall–Kier alpha value is -1.39. The van der Waals surface area contributed by atoms with Gasteiger partial charge in [-0.05, 0) is 37.0 Å². The van der Waals surface area contributed by atoms with E-state index in [1.54, 1.807) is 7.11 Å². The lowest BCUT2D eigenvalue weighted by molar-refractivity contribution is -0.117. The Morgan fingerprint density at radius 1 is 1.37 bits per heavy atom. The summed E-state index contributed by atoms with van der Waals surface area (Å²) >= 11 is 0. The van der Waals surface area contributed by atoms with Gasteiger partial charge in [0.15, 0.2) is 0 Å². The molecule has 1 aromatic rings. The third-order valence-electron chi connectivity index (χ3n) is 3.01. The van der Waals surface area contributed by atoms with E-state index in [1.807, 2.05) is 24.3 Å². The Morgan fingerprint density at radius 2 is 2.05 bits per heavy atom. The first-order valence-electron chi connectivity index (χ1n) is 6.81. The molecule has 0 aromatic heterocycles. The van der Waals surface area contributed by atoms with Crippen molar-refractivity contribution in [2.75, 3.05) is 19.0 Å². The smallest absolute Gasteiger partial charge is 0.241 e. The molecule has 106 valence electrons. The minimum atomic E-state index is -0.528. The van der Waals surface area contributed by atoms with Crippen molar-refractivity contribution in [2.24, 2.45) is 5.73 Å². The summed E-state index contributed by atoms with van der Waals surface area (Å²) in [6.07, 6.45) is 3.98. The van der Waals surface area contributed by atoms with Crippen LogP contribution in [0.1, 0.15) is 31.7 Å². The summed E-state index contributed by atoms with van der Waals surface area (Å²) in [5, 5.41) is 2.81. The number of aryl methyl sites for hydroxylation is 1. The second-order valence-electron chi connectivity index (χ2n) is 4.68. The van der Waals surface area contributed by atoms with Crippen LogP contribution in [0.15, 0.2) is 24.3 Å². The van der Waals surface area contributed by atoms with Crippen LogP contribution in [0.4, 0.5) is 5.69 Å². The fraction of sp³-hybridized carbons (Fsp3) is 0.533. The van der Waals surface area contributed by atoms with Crippen molar-refractivity contribution in [2.45, 2.75) is 38.6 Å². The number of hydrogen-bond donors (Lipinski definition) is 2. The van der Waals surface area contributed by atoms with Crippen LogP contribution in [0.25, 0.3) is 0 Å². The minimum absolute atomic E-state index is 0.168. The number of carbonyl (C=O) groups is 1. The van der Waals surface area contributed by atoms with Crippen molar-refractivity contribution in [3.05, 3.63) is 29.8 Å². The van der Waals surface area contributed by atoms with E-state index in [-0.39, 0.29) is 5.91 Å². The van der Waals surface area contributed by atoms with Crippen LogP contribution in [0, 0.1) is 0 Å². The zero-order chi connectivity index (χ0) is 14.1. The van der Waals surface area contributed by atoms with Gasteiger partial charge in [-0.3, -0.25) is 4.79 Å². The molecule has 19 heavy (non-hydrogen) atoms. The van der Waals surface area contributed by atoms with E-state index in [0.717, 1.165) is 12.1 Å². The lowest BCUT2D eigenvalue weighted by Crippen LogP contribution is -2.36. The summed E-state index contributed by atoms with van der Waals surface area (Å²) in [5.74, 6) is -0.168. The SMILES string of the molecule is CCCCc1ccc(NC(=O)C(N)CCOC)cc1. The molecule has 0 aliphatic rings. The second-order valence-corrected chi connectivity index (χ2v) is 4.68. The number of amides is 1. The molecular formula is C15H24N2O2. The average molecular weight is 264 g/mol. The van der Waals surface area contributed by atoms with Gasteiger partial charge in [0.2, 0.25) is 5.91 Å².